The molecule has 10 heteroatoms. The van der Waals surface area contributed by atoms with E-state index in [9.17, 15) is 19.2 Å². The monoisotopic (exact) mass is 489 g/mol. The highest BCUT2D eigenvalue weighted by Gasteiger charge is 2.11. The first-order valence-corrected chi connectivity index (χ1v) is 11.6. The first-order valence-electron chi connectivity index (χ1n) is 10.8. The number of hydrogen-bond donors (Lipinski definition) is 1. The summed E-state index contributed by atoms with van der Waals surface area (Å²) in [6, 6.07) is 15.3. The number of nitriles is 1. The zero-order chi connectivity index (χ0) is 24.8. The summed E-state index contributed by atoms with van der Waals surface area (Å²) in [5.41, 5.74) is 1.14. The van der Waals surface area contributed by atoms with Gasteiger partial charge < -0.3 is 10.1 Å². The Bertz CT molecular complexity index is 1490. The van der Waals surface area contributed by atoms with Crippen LogP contribution in [0.15, 0.2) is 65.0 Å². The zero-order valence-electron chi connectivity index (χ0n) is 18.7. The van der Waals surface area contributed by atoms with Crippen molar-refractivity contribution >= 4 is 34.0 Å². The normalized spacial score (nSPS) is 11.3. The number of anilines is 1. The second-order valence-corrected chi connectivity index (χ2v) is 8.55. The fraction of sp³-hybridized carbons (Fsp3) is 0.160. The number of aromatic nitrogens is 3. The summed E-state index contributed by atoms with van der Waals surface area (Å²) < 4.78 is 20.1. The summed E-state index contributed by atoms with van der Waals surface area (Å²) in [7, 11) is 0. The first-order chi connectivity index (χ1) is 16.9. The second-order valence-electron chi connectivity index (χ2n) is 7.51. The molecule has 0 spiro atoms. The number of ether oxygens (including phenoxy) is 1. The van der Waals surface area contributed by atoms with Gasteiger partial charge >= 0.3 is 0 Å². The zero-order valence-corrected chi connectivity index (χ0v) is 19.5. The summed E-state index contributed by atoms with van der Waals surface area (Å²) in [6.45, 7) is 2.15. The van der Waals surface area contributed by atoms with Crippen LogP contribution < -0.4 is 15.6 Å². The van der Waals surface area contributed by atoms with Gasteiger partial charge in [-0.1, -0.05) is 30.4 Å². The summed E-state index contributed by atoms with van der Waals surface area (Å²) >= 11 is 1.39. The summed E-state index contributed by atoms with van der Waals surface area (Å²) in [5, 5.41) is 17.1. The van der Waals surface area contributed by atoms with E-state index in [1.165, 1.54) is 52.3 Å². The lowest BCUT2D eigenvalue weighted by Crippen LogP contribution is -2.16. The lowest BCUT2D eigenvalue weighted by Gasteiger charge is -2.06. The summed E-state index contributed by atoms with van der Waals surface area (Å²) in [6.07, 6.45) is 3.17. The van der Waals surface area contributed by atoms with Crippen LogP contribution in [0.3, 0.4) is 0 Å². The van der Waals surface area contributed by atoms with Crippen molar-refractivity contribution in [2.24, 2.45) is 0 Å². The molecule has 0 aliphatic carbocycles. The van der Waals surface area contributed by atoms with E-state index < -0.39 is 11.7 Å². The number of amides is 1. The molecule has 0 aliphatic rings. The Hall–Kier alpha value is -4.36. The molecule has 0 saturated heterocycles. The Morgan fingerprint density at radius 3 is 2.66 bits per heavy atom. The fourth-order valence-corrected chi connectivity index (χ4v) is 4.17. The lowest BCUT2D eigenvalue weighted by atomic mass is 10.1. The Kier molecular flexibility index (Phi) is 7.28. The van der Waals surface area contributed by atoms with E-state index in [4.69, 9.17) is 4.74 Å². The Labute approximate surface area is 203 Å². The van der Waals surface area contributed by atoms with Crippen molar-refractivity contribution in [2.45, 2.75) is 26.4 Å². The summed E-state index contributed by atoms with van der Waals surface area (Å²) in [5.74, 6) is -0.485. The van der Waals surface area contributed by atoms with Crippen molar-refractivity contribution in [1.82, 2.24) is 14.6 Å². The van der Waals surface area contributed by atoms with E-state index in [2.05, 4.69) is 15.4 Å². The number of halogens is 1. The molecule has 1 amide bonds. The molecule has 0 bridgehead atoms. The minimum Gasteiger partial charge on any atom is -0.487 e. The van der Waals surface area contributed by atoms with Crippen LogP contribution in [-0.4, -0.2) is 20.5 Å². The molecule has 0 fully saturated rings. The van der Waals surface area contributed by atoms with Gasteiger partial charge in [-0.05, 0) is 54.5 Å². The molecule has 0 saturated carbocycles. The molecule has 2 heterocycles. The Balaban J connectivity index is 1.41. The van der Waals surface area contributed by atoms with Gasteiger partial charge in [0.15, 0.2) is 0 Å². The second kappa shape index (κ2) is 10.7. The van der Waals surface area contributed by atoms with Crippen molar-refractivity contribution in [1.29, 1.82) is 5.26 Å². The molecule has 1 N–H and O–H groups in total. The molecule has 8 nitrogen and oxygen atoms in total. The van der Waals surface area contributed by atoms with Crippen LogP contribution in [0.2, 0.25) is 0 Å². The quantitative estimate of drug-likeness (QED) is 0.291. The molecule has 176 valence electrons. The fourth-order valence-electron chi connectivity index (χ4n) is 3.15. The van der Waals surface area contributed by atoms with Gasteiger partial charge in [0, 0.05) is 18.2 Å². The van der Waals surface area contributed by atoms with Gasteiger partial charge in [-0.25, -0.2) is 9.37 Å². The third-order valence-corrected chi connectivity index (χ3v) is 5.82. The van der Waals surface area contributed by atoms with Crippen LogP contribution in [0.1, 0.15) is 29.6 Å². The molecule has 35 heavy (non-hydrogen) atoms. The smallest absolute Gasteiger partial charge is 0.275 e. The highest BCUT2D eigenvalue weighted by Crippen LogP contribution is 2.18. The van der Waals surface area contributed by atoms with Crippen LogP contribution in [0.25, 0.3) is 11.0 Å². The Morgan fingerprint density at radius 2 is 1.97 bits per heavy atom. The van der Waals surface area contributed by atoms with Crippen LogP contribution in [0.4, 0.5) is 10.1 Å². The number of nitrogens with zero attached hydrogens (tertiary/aromatic N) is 4. The maximum absolute atomic E-state index is 13.0. The van der Waals surface area contributed by atoms with Crippen molar-refractivity contribution in [3.63, 3.8) is 0 Å². The predicted octanol–water partition coefficient (Wildman–Crippen LogP) is 4.37. The first kappa shape index (κ1) is 23.8. The number of rotatable bonds is 8. The van der Waals surface area contributed by atoms with Crippen LogP contribution >= 0.6 is 11.3 Å². The molecule has 4 rings (SSSR count). The number of benzene rings is 2. The molecule has 2 aromatic carbocycles. The minimum absolute atomic E-state index is 0.103. The molecule has 0 aliphatic heterocycles. The standard InChI is InChI=1S/C25H20FN5O3S/c1-2-3-22-30-31-23(32)13-20(29-25(31)35-22)15-34-21-10-4-16(5-11-21)12-17(14-27)24(33)28-19-8-6-18(26)7-9-19/h4-13H,2-3,15H2,1H3,(H,28,33). The van der Waals surface area contributed by atoms with Gasteiger partial charge in [-0.2, -0.15) is 14.9 Å². The minimum atomic E-state index is -0.600. The van der Waals surface area contributed by atoms with E-state index in [0.717, 1.165) is 17.8 Å². The molecule has 2 aromatic heterocycles. The van der Waals surface area contributed by atoms with E-state index in [1.807, 2.05) is 13.0 Å². The van der Waals surface area contributed by atoms with Crippen molar-refractivity contribution < 1.29 is 13.9 Å². The largest absolute Gasteiger partial charge is 0.487 e. The highest BCUT2D eigenvalue weighted by molar-refractivity contribution is 7.16. The SMILES string of the molecule is CCCc1nn2c(=O)cc(COc3ccc(C=C(C#N)C(=O)Nc4ccc(F)cc4)cc3)nc2s1. The molecule has 0 unspecified atom stereocenters. The maximum atomic E-state index is 13.0. The van der Waals surface area contributed by atoms with Crippen LogP contribution in [0, 0.1) is 17.1 Å². The third kappa shape index (κ3) is 5.96. The predicted molar refractivity (Wildman–Crippen MR) is 131 cm³/mol. The third-order valence-electron chi connectivity index (χ3n) is 4.85. The number of fused-ring (bicyclic) bond motifs is 1. The molecular weight excluding hydrogens is 469 g/mol. The number of carbonyl (C=O) groups is 1. The molecule has 4 aromatic rings. The maximum Gasteiger partial charge on any atom is 0.275 e. The van der Waals surface area contributed by atoms with Gasteiger partial charge in [-0.3, -0.25) is 9.59 Å². The highest BCUT2D eigenvalue weighted by atomic mass is 32.1. The van der Waals surface area contributed by atoms with Gasteiger partial charge in [-0.15, -0.1) is 0 Å². The molecule has 0 atom stereocenters. The topological polar surface area (TPSA) is 109 Å². The number of nitrogens with one attached hydrogen (secondary N) is 1. The number of carbonyl (C=O) groups excluding carboxylic acids is 1. The van der Waals surface area contributed by atoms with E-state index in [-0.39, 0.29) is 17.7 Å². The van der Waals surface area contributed by atoms with E-state index >= 15 is 0 Å². The Morgan fingerprint density at radius 1 is 1.23 bits per heavy atom. The lowest BCUT2D eigenvalue weighted by molar-refractivity contribution is -0.112. The van der Waals surface area contributed by atoms with Gasteiger partial charge in [0.2, 0.25) is 4.96 Å². The molecular formula is C25H20FN5O3S. The van der Waals surface area contributed by atoms with E-state index in [1.54, 1.807) is 24.3 Å². The van der Waals surface area contributed by atoms with Gasteiger partial charge in [0.1, 0.15) is 34.8 Å². The van der Waals surface area contributed by atoms with Crippen LogP contribution in [0.5, 0.6) is 5.75 Å². The van der Waals surface area contributed by atoms with Crippen molar-refractivity contribution in [3.8, 4) is 11.8 Å². The van der Waals surface area contributed by atoms with Gasteiger partial charge in [0.25, 0.3) is 11.5 Å². The van der Waals surface area contributed by atoms with Crippen molar-refractivity contribution in [3.05, 3.63) is 92.6 Å². The number of aryl methyl sites for hydroxylation is 1. The average molecular weight is 490 g/mol. The van der Waals surface area contributed by atoms with E-state index in [0.29, 0.717) is 27.7 Å². The number of hydrogen-bond acceptors (Lipinski definition) is 7. The van der Waals surface area contributed by atoms with Crippen LogP contribution in [-0.2, 0) is 17.8 Å². The average Bonchev–Trinajstić information content (AvgIpc) is 3.27. The van der Waals surface area contributed by atoms with Crippen molar-refractivity contribution in [2.75, 3.05) is 5.32 Å². The summed E-state index contributed by atoms with van der Waals surface area (Å²) in [4.78, 5) is 29.7. The molecule has 0 radical (unpaired) electrons. The van der Waals surface area contributed by atoms with Gasteiger partial charge in [0.05, 0.1) is 5.69 Å².